The van der Waals surface area contributed by atoms with E-state index in [-0.39, 0.29) is 17.2 Å². The van der Waals surface area contributed by atoms with Crippen LogP contribution in [0.15, 0.2) is 54.9 Å². The molecule has 2 rings (SSSR count). The second kappa shape index (κ2) is 5.88. The Morgan fingerprint density at radius 2 is 1.85 bits per heavy atom. The van der Waals surface area contributed by atoms with Gasteiger partial charge in [-0.2, -0.15) is 0 Å². The van der Waals surface area contributed by atoms with Gasteiger partial charge in [0.25, 0.3) is 0 Å². The van der Waals surface area contributed by atoms with Crippen molar-refractivity contribution in [2.75, 3.05) is 7.11 Å². The Kier molecular flexibility index (Phi) is 4.00. The first kappa shape index (κ1) is 13.6. The van der Waals surface area contributed by atoms with Crippen molar-refractivity contribution in [3.8, 4) is 0 Å². The molecule has 0 fully saturated rings. The summed E-state index contributed by atoms with van der Waals surface area (Å²) in [6.07, 6.45) is 2.13. The van der Waals surface area contributed by atoms with E-state index in [2.05, 4.69) is 4.74 Å². The van der Waals surface area contributed by atoms with Crippen LogP contribution >= 0.6 is 0 Å². The molecule has 1 aromatic carbocycles. The smallest absolute Gasteiger partial charge is 0.358 e. The molecule has 5 heteroatoms. The van der Waals surface area contributed by atoms with Crippen LogP contribution in [0, 0.1) is 0 Å². The first-order valence-electron chi connectivity index (χ1n) is 5.89. The van der Waals surface area contributed by atoms with E-state index >= 15 is 0 Å². The molecule has 0 atom stereocenters. The number of carbonyl (C=O) groups is 2. The number of aliphatic hydroxyl groups excluding tert-OH is 1. The third-order valence-corrected chi connectivity index (χ3v) is 2.79. The number of esters is 1. The standard InChI is InChI=1S/C15H13NO4/c1-20-15(19)13(10-17)16-9-5-8-12(16)14(18)11-6-3-2-4-7-11/h2-10,17H,1H3. The zero-order valence-electron chi connectivity index (χ0n) is 10.8. The highest BCUT2D eigenvalue weighted by atomic mass is 16.5. The van der Waals surface area contributed by atoms with Gasteiger partial charge in [0.1, 0.15) is 6.26 Å². The molecule has 1 N–H and O–H groups in total. The van der Waals surface area contributed by atoms with Gasteiger partial charge in [0.15, 0.2) is 5.70 Å². The topological polar surface area (TPSA) is 68.5 Å². The maximum Gasteiger partial charge on any atom is 0.358 e. The monoisotopic (exact) mass is 271 g/mol. The minimum Gasteiger partial charge on any atom is -0.513 e. The first-order valence-corrected chi connectivity index (χ1v) is 5.89. The van der Waals surface area contributed by atoms with Crippen LogP contribution in [0.4, 0.5) is 0 Å². The summed E-state index contributed by atoms with van der Waals surface area (Å²) in [6, 6.07) is 11.9. The molecular formula is C15H13NO4. The minimum atomic E-state index is -0.731. The quantitative estimate of drug-likeness (QED) is 0.401. The molecule has 0 amide bonds. The molecule has 0 saturated carbocycles. The number of nitrogens with zero attached hydrogens (tertiary/aromatic N) is 1. The van der Waals surface area contributed by atoms with Gasteiger partial charge in [-0.3, -0.25) is 4.79 Å². The summed E-state index contributed by atoms with van der Waals surface area (Å²) in [4.78, 5) is 23.9. The highest BCUT2D eigenvalue weighted by molar-refractivity contribution is 6.14. The predicted octanol–water partition coefficient (Wildman–Crippen LogP) is 2.25. The lowest BCUT2D eigenvalue weighted by molar-refractivity contribution is -0.134. The van der Waals surface area contributed by atoms with Crippen LogP contribution in [0.5, 0.6) is 0 Å². The van der Waals surface area contributed by atoms with Gasteiger partial charge in [0.2, 0.25) is 5.78 Å². The van der Waals surface area contributed by atoms with Crippen molar-refractivity contribution in [3.63, 3.8) is 0 Å². The largest absolute Gasteiger partial charge is 0.513 e. The molecular weight excluding hydrogens is 258 g/mol. The molecule has 1 heterocycles. The third-order valence-electron chi connectivity index (χ3n) is 2.79. The SMILES string of the molecule is COC(=O)C(=CO)n1cccc1C(=O)c1ccccc1. The average Bonchev–Trinajstić information content (AvgIpc) is 2.97. The summed E-state index contributed by atoms with van der Waals surface area (Å²) in [5, 5.41) is 9.18. The first-order chi connectivity index (χ1) is 9.69. The summed E-state index contributed by atoms with van der Waals surface area (Å²) < 4.78 is 5.86. The fourth-order valence-electron chi connectivity index (χ4n) is 1.83. The fourth-order valence-corrected chi connectivity index (χ4v) is 1.83. The van der Waals surface area contributed by atoms with E-state index < -0.39 is 5.97 Å². The lowest BCUT2D eigenvalue weighted by Gasteiger charge is -2.09. The third kappa shape index (κ3) is 2.47. The molecule has 2 aromatic rings. The number of benzene rings is 1. The number of methoxy groups -OCH3 is 1. The molecule has 5 nitrogen and oxygen atoms in total. The van der Waals surface area contributed by atoms with E-state index in [9.17, 15) is 14.7 Å². The van der Waals surface area contributed by atoms with Crippen molar-refractivity contribution >= 4 is 17.4 Å². The van der Waals surface area contributed by atoms with Crippen LogP contribution in [-0.4, -0.2) is 28.5 Å². The van der Waals surface area contributed by atoms with Gasteiger partial charge in [-0.15, -0.1) is 0 Å². The van der Waals surface area contributed by atoms with Crippen molar-refractivity contribution in [3.05, 3.63) is 66.2 Å². The van der Waals surface area contributed by atoms with Crippen LogP contribution < -0.4 is 0 Å². The van der Waals surface area contributed by atoms with Crippen molar-refractivity contribution in [1.82, 2.24) is 4.57 Å². The van der Waals surface area contributed by atoms with Gasteiger partial charge in [-0.25, -0.2) is 4.79 Å². The second-order valence-corrected chi connectivity index (χ2v) is 3.96. The van der Waals surface area contributed by atoms with Crippen LogP contribution in [0.3, 0.4) is 0 Å². The number of hydrogen-bond acceptors (Lipinski definition) is 4. The second-order valence-electron chi connectivity index (χ2n) is 3.96. The Hall–Kier alpha value is -2.82. The Labute approximate surface area is 115 Å². The van der Waals surface area contributed by atoms with E-state index in [1.165, 1.54) is 17.9 Å². The Morgan fingerprint density at radius 3 is 2.45 bits per heavy atom. The number of aliphatic hydroxyl groups is 1. The molecule has 0 unspecified atom stereocenters. The predicted molar refractivity (Wildman–Crippen MR) is 73.2 cm³/mol. The van der Waals surface area contributed by atoms with Gasteiger partial charge in [0.05, 0.1) is 12.8 Å². The highest BCUT2D eigenvalue weighted by Crippen LogP contribution is 2.16. The van der Waals surface area contributed by atoms with E-state index in [4.69, 9.17) is 0 Å². The Balaban J connectivity index is 2.44. The molecule has 102 valence electrons. The number of rotatable bonds is 4. The number of ether oxygens (including phenoxy) is 1. The van der Waals surface area contributed by atoms with E-state index in [0.29, 0.717) is 11.8 Å². The van der Waals surface area contributed by atoms with Gasteiger partial charge in [-0.1, -0.05) is 30.3 Å². The van der Waals surface area contributed by atoms with E-state index in [1.54, 1.807) is 36.4 Å². The van der Waals surface area contributed by atoms with Crippen molar-refractivity contribution < 1.29 is 19.4 Å². The van der Waals surface area contributed by atoms with Crippen molar-refractivity contribution in [1.29, 1.82) is 0 Å². The van der Waals surface area contributed by atoms with Crippen LogP contribution in [0.1, 0.15) is 16.1 Å². The molecule has 0 radical (unpaired) electrons. The maximum absolute atomic E-state index is 12.4. The Bertz CT molecular complexity index is 656. The zero-order valence-corrected chi connectivity index (χ0v) is 10.8. The minimum absolute atomic E-state index is 0.128. The number of hydrogen-bond donors (Lipinski definition) is 1. The molecule has 20 heavy (non-hydrogen) atoms. The molecule has 1 aromatic heterocycles. The normalized spacial score (nSPS) is 11.2. The molecule has 0 bridgehead atoms. The van der Waals surface area contributed by atoms with Gasteiger partial charge < -0.3 is 14.4 Å². The highest BCUT2D eigenvalue weighted by Gasteiger charge is 2.19. The lowest BCUT2D eigenvalue weighted by atomic mass is 10.1. The maximum atomic E-state index is 12.4. The molecule has 0 aliphatic heterocycles. The van der Waals surface area contributed by atoms with Crippen LogP contribution in [0.2, 0.25) is 0 Å². The summed E-state index contributed by atoms with van der Waals surface area (Å²) in [7, 11) is 1.20. The van der Waals surface area contributed by atoms with Crippen molar-refractivity contribution in [2.45, 2.75) is 0 Å². The van der Waals surface area contributed by atoms with Crippen LogP contribution in [0.25, 0.3) is 5.70 Å². The molecule has 0 aliphatic carbocycles. The number of carbonyl (C=O) groups excluding carboxylic acids is 2. The summed E-state index contributed by atoms with van der Waals surface area (Å²) >= 11 is 0. The van der Waals surface area contributed by atoms with Gasteiger partial charge in [0, 0.05) is 11.8 Å². The number of aromatic nitrogens is 1. The Morgan fingerprint density at radius 1 is 1.15 bits per heavy atom. The molecule has 0 aliphatic rings. The van der Waals surface area contributed by atoms with E-state index in [0.717, 1.165) is 0 Å². The van der Waals surface area contributed by atoms with Gasteiger partial charge >= 0.3 is 5.97 Å². The zero-order chi connectivity index (χ0) is 14.5. The summed E-state index contributed by atoms with van der Waals surface area (Å²) in [5.74, 6) is -0.982. The number of ketones is 1. The van der Waals surface area contributed by atoms with Crippen LogP contribution in [-0.2, 0) is 9.53 Å². The molecule has 0 saturated heterocycles. The fraction of sp³-hybridized carbons (Fsp3) is 0.0667. The molecule has 0 spiro atoms. The summed E-state index contributed by atoms with van der Waals surface area (Å²) in [6.45, 7) is 0. The lowest BCUT2D eigenvalue weighted by Crippen LogP contribution is -2.15. The van der Waals surface area contributed by atoms with Gasteiger partial charge in [-0.05, 0) is 12.1 Å². The van der Waals surface area contributed by atoms with Crippen molar-refractivity contribution in [2.24, 2.45) is 0 Å². The van der Waals surface area contributed by atoms with E-state index in [1.807, 2.05) is 6.07 Å². The summed E-state index contributed by atoms with van der Waals surface area (Å²) in [5.41, 5.74) is 0.633. The average molecular weight is 271 g/mol.